The Labute approximate surface area is 111 Å². The monoisotopic (exact) mass is 259 g/mol. The molecule has 2 aromatic rings. The number of amides is 1. The summed E-state index contributed by atoms with van der Waals surface area (Å²) in [6.07, 6.45) is 0.979. The molecule has 1 saturated heterocycles. The quantitative estimate of drug-likeness (QED) is 0.723. The summed E-state index contributed by atoms with van der Waals surface area (Å²) in [6, 6.07) is 6.91. The van der Waals surface area contributed by atoms with Gasteiger partial charge in [-0.15, -0.1) is 0 Å². The summed E-state index contributed by atoms with van der Waals surface area (Å²) in [5, 5.41) is 13.7. The molecule has 100 valence electrons. The molecule has 0 radical (unpaired) electrons. The number of aromatic nitrogens is 1. The summed E-state index contributed by atoms with van der Waals surface area (Å²) < 4.78 is 0. The van der Waals surface area contributed by atoms with Crippen molar-refractivity contribution in [2.24, 2.45) is 0 Å². The van der Waals surface area contributed by atoms with Gasteiger partial charge in [0, 0.05) is 36.6 Å². The van der Waals surface area contributed by atoms with Crippen molar-refractivity contribution in [1.82, 2.24) is 15.2 Å². The molecule has 1 aromatic heterocycles. The smallest absolute Gasteiger partial charge is 0.270 e. The molecule has 1 aromatic carbocycles. The van der Waals surface area contributed by atoms with Gasteiger partial charge in [-0.2, -0.15) is 0 Å². The van der Waals surface area contributed by atoms with E-state index in [9.17, 15) is 9.90 Å². The molecule has 5 nitrogen and oxygen atoms in total. The average Bonchev–Trinajstić information content (AvgIpc) is 2.64. The first kappa shape index (κ1) is 12.0. The van der Waals surface area contributed by atoms with Crippen LogP contribution in [0.4, 0.5) is 0 Å². The van der Waals surface area contributed by atoms with Crippen LogP contribution in [0.25, 0.3) is 10.9 Å². The van der Waals surface area contributed by atoms with Gasteiger partial charge < -0.3 is 20.3 Å². The van der Waals surface area contributed by atoms with E-state index < -0.39 is 0 Å². The predicted molar refractivity (Wildman–Crippen MR) is 73.4 cm³/mol. The SMILES string of the molecule is O=C(c1cc2ccc(O)cc2[nH]1)N1CCCNCC1. The second kappa shape index (κ2) is 4.93. The molecule has 3 N–H and O–H groups in total. The van der Waals surface area contributed by atoms with E-state index in [1.54, 1.807) is 12.1 Å². The van der Waals surface area contributed by atoms with Crippen molar-refractivity contribution in [1.29, 1.82) is 0 Å². The second-order valence-corrected chi connectivity index (χ2v) is 4.85. The zero-order valence-corrected chi connectivity index (χ0v) is 10.6. The Bertz CT molecular complexity index is 598. The summed E-state index contributed by atoms with van der Waals surface area (Å²) in [5.74, 6) is 0.228. The van der Waals surface area contributed by atoms with Gasteiger partial charge in [0.25, 0.3) is 5.91 Å². The number of benzene rings is 1. The van der Waals surface area contributed by atoms with E-state index in [2.05, 4.69) is 10.3 Å². The molecule has 0 bridgehead atoms. The standard InChI is InChI=1S/C14H17N3O2/c18-11-3-2-10-8-13(16-12(10)9-11)14(19)17-6-1-4-15-5-7-17/h2-3,8-9,15-16,18H,1,4-7H2. The fourth-order valence-corrected chi connectivity index (χ4v) is 2.45. The number of aromatic amines is 1. The van der Waals surface area contributed by atoms with E-state index in [0.717, 1.165) is 43.5 Å². The van der Waals surface area contributed by atoms with Crippen molar-refractivity contribution < 1.29 is 9.90 Å². The van der Waals surface area contributed by atoms with Crippen LogP contribution in [-0.2, 0) is 0 Å². The van der Waals surface area contributed by atoms with Crippen LogP contribution in [0, 0.1) is 0 Å². The van der Waals surface area contributed by atoms with E-state index >= 15 is 0 Å². The van der Waals surface area contributed by atoms with E-state index in [4.69, 9.17) is 0 Å². The summed E-state index contributed by atoms with van der Waals surface area (Å²) >= 11 is 0. The predicted octanol–water partition coefficient (Wildman–Crippen LogP) is 1.31. The van der Waals surface area contributed by atoms with Crippen LogP contribution in [0.15, 0.2) is 24.3 Å². The molecular weight excluding hydrogens is 242 g/mol. The average molecular weight is 259 g/mol. The molecular formula is C14H17N3O2. The van der Waals surface area contributed by atoms with Gasteiger partial charge >= 0.3 is 0 Å². The van der Waals surface area contributed by atoms with Gasteiger partial charge in [0.2, 0.25) is 0 Å². The normalized spacial score (nSPS) is 16.5. The summed E-state index contributed by atoms with van der Waals surface area (Å²) in [5.41, 5.74) is 1.37. The third-order valence-electron chi connectivity index (χ3n) is 3.46. The lowest BCUT2D eigenvalue weighted by molar-refractivity contribution is 0.0761. The molecule has 19 heavy (non-hydrogen) atoms. The maximum Gasteiger partial charge on any atom is 0.270 e. The van der Waals surface area contributed by atoms with Gasteiger partial charge in [-0.3, -0.25) is 4.79 Å². The minimum absolute atomic E-state index is 0.0272. The number of phenols is 1. The van der Waals surface area contributed by atoms with Crippen molar-refractivity contribution in [3.8, 4) is 5.75 Å². The maximum atomic E-state index is 12.4. The van der Waals surface area contributed by atoms with Crippen LogP contribution >= 0.6 is 0 Å². The fourth-order valence-electron chi connectivity index (χ4n) is 2.45. The molecule has 1 aliphatic rings. The highest BCUT2D eigenvalue weighted by molar-refractivity contribution is 5.98. The topological polar surface area (TPSA) is 68.4 Å². The van der Waals surface area contributed by atoms with Crippen molar-refractivity contribution in [3.05, 3.63) is 30.0 Å². The highest BCUT2D eigenvalue weighted by atomic mass is 16.3. The number of carbonyl (C=O) groups is 1. The first-order chi connectivity index (χ1) is 9.24. The van der Waals surface area contributed by atoms with E-state index in [-0.39, 0.29) is 11.7 Å². The van der Waals surface area contributed by atoms with Gasteiger partial charge in [-0.25, -0.2) is 0 Å². The Kier molecular flexibility index (Phi) is 3.13. The Morgan fingerprint density at radius 2 is 2.11 bits per heavy atom. The number of nitrogens with one attached hydrogen (secondary N) is 2. The summed E-state index contributed by atoms with van der Waals surface area (Å²) in [7, 11) is 0. The number of rotatable bonds is 1. The molecule has 3 rings (SSSR count). The molecule has 0 unspecified atom stereocenters. The van der Waals surface area contributed by atoms with E-state index in [1.165, 1.54) is 0 Å². The van der Waals surface area contributed by atoms with Crippen LogP contribution in [0.1, 0.15) is 16.9 Å². The lowest BCUT2D eigenvalue weighted by Gasteiger charge is -2.18. The van der Waals surface area contributed by atoms with Gasteiger partial charge in [0.15, 0.2) is 0 Å². The molecule has 1 fully saturated rings. The minimum atomic E-state index is 0.0272. The summed E-state index contributed by atoms with van der Waals surface area (Å²) in [6.45, 7) is 3.32. The highest BCUT2D eigenvalue weighted by Crippen LogP contribution is 2.21. The molecule has 0 atom stereocenters. The number of carbonyl (C=O) groups excluding carboxylic acids is 1. The number of aromatic hydroxyl groups is 1. The first-order valence-corrected chi connectivity index (χ1v) is 6.56. The van der Waals surface area contributed by atoms with Gasteiger partial charge in [0.05, 0.1) is 0 Å². The van der Waals surface area contributed by atoms with E-state index in [1.807, 2.05) is 17.0 Å². The lowest BCUT2D eigenvalue weighted by atomic mass is 10.2. The zero-order chi connectivity index (χ0) is 13.2. The zero-order valence-electron chi connectivity index (χ0n) is 10.6. The molecule has 0 spiro atoms. The first-order valence-electron chi connectivity index (χ1n) is 6.56. The number of hydrogen-bond donors (Lipinski definition) is 3. The second-order valence-electron chi connectivity index (χ2n) is 4.85. The Hall–Kier alpha value is -2.01. The molecule has 0 aliphatic carbocycles. The molecule has 1 amide bonds. The van der Waals surface area contributed by atoms with Crippen LogP contribution in [0.3, 0.4) is 0 Å². The van der Waals surface area contributed by atoms with Crippen molar-refractivity contribution in [2.45, 2.75) is 6.42 Å². The Balaban J connectivity index is 1.88. The van der Waals surface area contributed by atoms with Crippen LogP contribution in [0.5, 0.6) is 5.75 Å². The number of fused-ring (bicyclic) bond motifs is 1. The van der Waals surface area contributed by atoms with E-state index in [0.29, 0.717) is 5.69 Å². The Morgan fingerprint density at radius 1 is 1.21 bits per heavy atom. The molecule has 5 heteroatoms. The third-order valence-corrected chi connectivity index (χ3v) is 3.46. The van der Waals surface area contributed by atoms with Crippen LogP contribution < -0.4 is 5.32 Å². The highest BCUT2D eigenvalue weighted by Gasteiger charge is 2.18. The van der Waals surface area contributed by atoms with Crippen LogP contribution in [0.2, 0.25) is 0 Å². The lowest BCUT2D eigenvalue weighted by Crippen LogP contribution is -2.34. The van der Waals surface area contributed by atoms with Gasteiger partial charge in [-0.1, -0.05) is 0 Å². The van der Waals surface area contributed by atoms with Crippen molar-refractivity contribution in [3.63, 3.8) is 0 Å². The molecule has 2 heterocycles. The number of hydrogen-bond acceptors (Lipinski definition) is 3. The van der Waals surface area contributed by atoms with Gasteiger partial charge in [0.1, 0.15) is 11.4 Å². The largest absolute Gasteiger partial charge is 0.508 e. The fraction of sp³-hybridized carbons (Fsp3) is 0.357. The van der Waals surface area contributed by atoms with Gasteiger partial charge in [-0.05, 0) is 31.2 Å². The molecule has 1 aliphatic heterocycles. The maximum absolute atomic E-state index is 12.4. The number of nitrogens with zero attached hydrogens (tertiary/aromatic N) is 1. The Morgan fingerprint density at radius 3 is 3.00 bits per heavy atom. The number of H-pyrrole nitrogens is 1. The number of phenolic OH excluding ortho intramolecular Hbond substituents is 1. The minimum Gasteiger partial charge on any atom is -0.508 e. The van der Waals surface area contributed by atoms with Crippen molar-refractivity contribution >= 4 is 16.8 Å². The van der Waals surface area contributed by atoms with Crippen molar-refractivity contribution in [2.75, 3.05) is 26.2 Å². The molecule has 0 saturated carbocycles. The summed E-state index contributed by atoms with van der Waals surface area (Å²) in [4.78, 5) is 17.4. The third kappa shape index (κ3) is 2.42. The van der Waals surface area contributed by atoms with Crippen LogP contribution in [-0.4, -0.2) is 47.1 Å².